The Morgan fingerprint density at radius 3 is 2.68 bits per heavy atom. The predicted molar refractivity (Wildman–Crippen MR) is 116 cm³/mol. The van der Waals surface area contributed by atoms with Crippen molar-refractivity contribution in [2.45, 2.75) is 6.92 Å². The summed E-state index contributed by atoms with van der Waals surface area (Å²) in [7, 11) is 3.44. The minimum atomic E-state index is -0.0280. The van der Waals surface area contributed by atoms with Crippen LogP contribution in [0.1, 0.15) is 6.92 Å². The second-order valence-electron chi connectivity index (χ2n) is 5.32. The molecule has 138 valence electrons. The van der Waals surface area contributed by atoms with Gasteiger partial charge in [0.1, 0.15) is 6.54 Å². The van der Waals surface area contributed by atoms with Crippen LogP contribution in [0.4, 0.5) is 5.13 Å². The van der Waals surface area contributed by atoms with Crippen LogP contribution in [-0.4, -0.2) is 62.0 Å². The average molecular weight is 476 g/mol. The van der Waals surface area contributed by atoms with E-state index in [1.165, 1.54) is 9.60 Å². The zero-order chi connectivity index (χ0) is 17.4. The SMILES string of the molecule is CCNC(=NCC(=O)N(C)C)NCCNc1nc2ccccc2s1.I. The summed E-state index contributed by atoms with van der Waals surface area (Å²) in [5.74, 6) is 0.610. The van der Waals surface area contributed by atoms with E-state index in [-0.39, 0.29) is 36.4 Å². The molecule has 0 radical (unpaired) electrons. The van der Waals surface area contributed by atoms with Crippen molar-refractivity contribution in [2.75, 3.05) is 45.6 Å². The van der Waals surface area contributed by atoms with Gasteiger partial charge in [-0.3, -0.25) is 4.79 Å². The molecule has 0 fully saturated rings. The van der Waals surface area contributed by atoms with Crippen molar-refractivity contribution in [3.63, 3.8) is 0 Å². The number of carbonyl (C=O) groups excluding carboxylic acids is 1. The number of nitrogens with one attached hydrogen (secondary N) is 3. The van der Waals surface area contributed by atoms with Crippen LogP contribution < -0.4 is 16.0 Å². The van der Waals surface area contributed by atoms with E-state index in [1.807, 2.05) is 25.1 Å². The van der Waals surface area contributed by atoms with Crippen molar-refractivity contribution in [3.8, 4) is 0 Å². The van der Waals surface area contributed by atoms with Crippen LogP contribution in [0, 0.1) is 0 Å². The predicted octanol–water partition coefficient (Wildman–Crippen LogP) is 1.97. The van der Waals surface area contributed by atoms with Crippen molar-refractivity contribution in [1.29, 1.82) is 0 Å². The molecule has 1 aromatic carbocycles. The molecule has 0 unspecified atom stereocenters. The van der Waals surface area contributed by atoms with E-state index < -0.39 is 0 Å². The quantitative estimate of drug-likeness (QED) is 0.247. The number of thiazole rings is 1. The molecule has 1 amide bonds. The van der Waals surface area contributed by atoms with Gasteiger partial charge in [-0.15, -0.1) is 24.0 Å². The van der Waals surface area contributed by atoms with Crippen LogP contribution in [0.3, 0.4) is 0 Å². The molecule has 2 rings (SSSR count). The van der Waals surface area contributed by atoms with Gasteiger partial charge in [-0.2, -0.15) is 0 Å². The molecule has 3 N–H and O–H groups in total. The smallest absolute Gasteiger partial charge is 0.243 e. The number of hydrogen-bond acceptors (Lipinski definition) is 5. The van der Waals surface area contributed by atoms with Crippen LogP contribution in [0.2, 0.25) is 0 Å². The fourth-order valence-corrected chi connectivity index (χ4v) is 2.82. The Kier molecular flexibility index (Phi) is 9.50. The maximum atomic E-state index is 11.6. The van der Waals surface area contributed by atoms with Gasteiger partial charge in [-0.1, -0.05) is 23.5 Å². The number of anilines is 1. The Morgan fingerprint density at radius 2 is 2.00 bits per heavy atom. The lowest BCUT2D eigenvalue weighted by Crippen LogP contribution is -2.40. The molecule has 9 heteroatoms. The van der Waals surface area contributed by atoms with Crippen LogP contribution in [0.25, 0.3) is 10.2 Å². The lowest BCUT2D eigenvalue weighted by Gasteiger charge is -2.12. The monoisotopic (exact) mass is 476 g/mol. The van der Waals surface area contributed by atoms with Gasteiger partial charge in [-0.05, 0) is 19.1 Å². The minimum absolute atomic E-state index is 0. The van der Waals surface area contributed by atoms with Gasteiger partial charge in [0.15, 0.2) is 11.1 Å². The third kappa shape index (κ3) is 7.02. The molecular formula is C16H25IN6OS. The first-order valence-electron chi connectivity index (χ1n) is 7.92. The van der Waals surface area contributed by atoms with Gasteiger partial charge < -0.3 is 20.9 Å². The molecule has 0 aliphatic carbocycles. The van der Waals surface area contributed by atoms with Gasteiger partial charge in [0.25, 0.3) is 0 Å². The maximum Gasteiger partial charge on any atom is 0.243 e. The van der Waals surface area contributed by atoms with E-state index in [0.717, 1.165) is 17.2 Å². The number of likely N-dealkylation sites (N-methyl/N-ethyl adjacent to an activating group) is 1. The second kappa shape index (κ2) is 11.1. The third-order valence-corrected chi connectivity index (χ3v) is 4.20. The highest BCUT2D eigenvalue weighted by atomic mass is 127. The molecule has 2 aromatic rings. The van der Waals surface area contributed by atoms with E-state index in [4.69, 9.17) is 0 Å². The van der Waals surface area contributed by atoms with E-state index in [1.54, 1.807) is 25.4 Å². The highest BCUT2D eigenvalue weighted by molar-refractivity contribution is 14.0. The summed E-state index contributed by atoms with van der Waals surface area (Å²) >= 11 is 1.64. The van der Waals surface area contributed by atoms with Crippen molar-refractivity contribution in [3.05, 3.63) is 24.3 Å². The minimum Gasteiger partial charge on any atom is -0.360 e. The number of carbonyl (C=O) groups is 1. The van der Waals surface area contributed by atoms with E-state index in [0.29, 0.717) is 19.0 Å². The summed E-state index contributed by atoms with van der Waals surface area (Å²) in [6, 6.07) is 8.07. The van der Waals surface area contributed by atoms with Crippen molar-refractivity contribution in [1.82, 2.24) is 20.5 Å². The molecule has 0 atom stereocenters. The molecule has 0 saturated heterocycles. The number of rotatable bonds is 7. The maximum absolute atomic E-state index is 11.6. The molecule has 0 aliphatic heterocycles. The molecule has 25 heavy (non-hydrogen) atoms. The Balaban J connectivity index is 0.00000312. The summed E-state index contributed by atoms with van der Waals surface area (Å²) in [5, 5.41) is 10.5. The summed E-state index contributed by atoms with van der Waals surface area (Å²) in [6.07, 6.45) is 0. The largest absolute Gasteiger partial charge is 0.360 e. The van der Waals surface area contributed by atoms with Crippen LogP contribution in [-0.2, 0) is 4.79 Å². The second-order valence-corrected chi connectivity index (χ2v) is 6.35. The van der Waals surface area contributed by atoms with Crippen molar-refractivity contribution >= 4 is 62.5 Å². The summed E-state index contributed by atoms with van der Waals surface area (Å²) in [4.78, 5) is 21.9. The van der Waals surface area contributed by atoms with E-state index in [9.17, 15) is 4.79 Å². The molecular weight excluding hydrogens is 451 g/mol. The lowest BCUT2D eigenvalue weighted by atomic mass is 10.3. The fraction of sp³-hybridized carbons (Fsp3) is 0.438. The fourth-order valence-electron chi connectivity index (χ4n) is 1.93. The Bertz CT molecular complexity index is 670. The number of para-hydroxylation sites is 1. The van der Waals surface area contributed by atoms with Gasteiger partial charge in [0.05, 0.1) is 10.2 Å². The molecule has 7 nitrogen and oxygen atoms in total. The summed E-state index contributed by atoms with van der Waals surface area (Å²) < 4.78 is 1.17. The van der Waals surface area contributed by atoms with Crippen molar-refractivity contribution in [2.24, 2.45) is 4.99 Å². The molecule has 1 heterocycles. The highest BCUT2D eigenvalue weighted by Crippen LogP contribution is 2.24. The first-order valence-corrected chi connectivity index (χ1v) is 8.73. The number of guanidine groups is 1. The number of aliphatic imine (C=N–C) groups is 1. The van der Waals surface area contributed by atoms with Crippen molar-refractivity contribution < 1.29 is 4.79 Å². The van der Waals surface area contributed by atoms with Crippen LogP contribution >= 0.6 is 35.3 Å². The zero-order valence-corrected chi connectivity index (χ0v) is 17.9. The Labute approximate surface area is 169 Å². The molecule has 0 spiro atoms. The van der Waals surface area contributed by atoms with Gasteiger partial charge >= 0.3 is 0 Å². The Morgan fingerprint density at radius 1 is 1.24 bits per heavy atom. The topological polar surface area (TPSA) is 81.7 Å². The first-order chi connectivity index (χ1) is 11.6. The number of amides is 1. The molecule has 1 aromatic heterocycles. The van der Waals surface area contributed by atoms with Crippen LogP contribution in [0.15, 0.2) is 29.3 Å². The number of aromatic nitrogens is 1. The number of benzene rings is 1. The number of halogens is 1. The van der Waals surface area contributed by atoms with Gasteiger partial charge in [0.2, 0.25) is 5.91 Å². The first kappa shape index (κ1) is 21.4. The summed E-state index contributed by atoms with van der Waals surface area (Å²) in [5.41, 5.74) is 1.01. The number of hydrogen-bond donors (Lipinski definition) is 3. The van der Waals surface area contributed by atoms with E-state index in [2.05, 4.69) is 32.0 Å². The van der Waals surface area contributed by atoms with Gasteiger partial charge in [0, 0.05) is 33.7 Å². The average Bonchev–Trinajstić information content (AvgIpc) is 2.98. The summed E-state index contributed by atoms with van der Waals surface area (Å²) in [6.45, 7) is 4.26. The van der Waals surface area contributed by atoms with E-state index >= 15 is 0 Å². The molecule has 0 bridgehead atoms. The number of fused-ring (bicyclic) bond motifs is 1. The lowest BCUT2D eigenvalue weighted by molar-refractivity contribution is -0.127. The third-order valence-electron chi connectivity index (χ3n) is 3.20. The molecule has 0 aliphatic rings. The van der Waals surface area contributed by atoms with Gasteiger partial charge in [-0.25, -0.2) is 9.98 Å². The van der Waals surface area contributed by atoms with Crippen LogP contribution in [0.5, 0.6) is 0 Å². The standard InChI is InChI=1S/C16H24N6OS.HI/c1-4-17-15(20-11-14(23)22(2)3)18-9-10-19-16-21-12-7-5-6-8-13(12)24-16;/h5-8H,4,9-11H2,1-3H3,(H,19,21)(H2,17,18,20);1H. The highest BCUT2D eigenvalue weighted by Gasteiger charge is 2.04. The Hall–Kier alpha value is -1.62. The molecule has 0 saturated carbocycles. The zero-order valence-electron chi connectivity index (χ0n) is 14.7. The normalized spacial score (nSPS) is 10.9. The number of nitrogens with zero attached hydrogens (tertiary/aromatic N) is 3.